The van der Waals surface area contributed by atoms with Crippen LogP contribution in [-0.2, 0) is 18.3 Å². The number of hydrogen-bond donors (Lipinski definition) is 1. The number of aryl methyl sites for hydroxylation is 2. The van der Waals surface area contributed by atoms with E-state index in [2.05, 4.69) is 22.4 Å². The molecule has 0 aliphatic carbocycles. The number of anilines is 1. The van der Waals surface area contributed by atoms with E-state index < -0.39 is 0 Å². The molecule has 22 heavy (non-hydrogen) atoms. The SMILES string of the molecule is CCCCc1nnc(SCC(=O)Nc2cccc(C)c2)n1C. The van der Waals surface area contributed by atoms with Crippen LogP contribution in [0.2, 0.25) is 0 Å². The minimum atomic E-state index is -0.0336. The van der Waals surface area contributed by atoms with Gasteiger partial charge in [-0.2, -0.15) is 0 Å². The summed E-state index contributed by atoms with van der Waals surface area (Å²) in [5.74, 6) is 1.27. The molecule has 1 aromatic carbocycles. The van der Waals surface area contributed by atoms with Crippen molar-refractivity contribution in [3.8, 4) is 0 Å². The molecule has 2 rings (SSSR count). The molecule has 0 saturated heterocycles. The van der Waals surface area contributed by atoms with Crippen molar-refractivity contribution in [2.75, 3.05) is 11.1 Å². The van der Waals surface area contributed by atoms with Gasteiger partial charge in [0.15, 0.2) is 5.16 Å². The predicted octanol–water partition coefficient (Wildman–Crippen LogP) is 3.20. The first-order valence-electron chi connectivity index (χ1n) is 7.47. The normalized spacial score (nSPS) is 10.7. The summed E-state index contributed by atoms with van der Waals surface area (Å²) in [7, 11) is 1.95. The standard InChI is InChI=1S/C16H22N4OS/c1-4-5-9-14-18-19-16(20(14)3)22-11-15(21)17-13-8-6-7-12(2)10-13/h6-8,10H,4-5,9,11H2,1-3H3,(H,17,21). The molecule has 0 aliphatic heterocycles. The zero-order chi connectivity index (χ0) is 15.9. The van der Waals surface area contributed by atoms with Crippen LogP contribution in [0.15, 0.2) is 29.4 Å². The van der Waals surface area contributed by atoms with Crippen molar-refractivity contribution < 1.29 is 4.79 Å². The number of aromatic nitrogens is 3. The van der Waals surface area contributed by atoms with Crippen molar-refractivity contribution >= 4 is 23.4 Å². The van der Waals surface area contributed by atoms with Crippen LogP contribution in [0.4, 0.5) is 5.69 Å². The van der Waals surface area contributed by atoms with Gasteiger partial charge in [-0.1, -0.05) is 37.2 Å². The van der Waals surface area contributed by atoms with E-state index in [0.717, 1.165) is 41.5 Å². The van der Waals surface area contributed by atoms with Crippen LogP contribution in [0.1, 0.15) is 31.2 Å². The highest BCUT2D eigenvalue weighted by atomic mass is 32.2. The van der Waals surface area contributed by atoms with Gasteiger partial charge in [0.05, 0.1) is 5.75 Å². The van der Waals surface area contributed by atoms with Gasteiger partial charge >= 0.3 is 0 Å². The Balaban J connectivity index is 1.87. The Morgan fingerprint density at radius 1 is 1.36 bits per heavy atom. The third-order valence-corrected chi connectivity index (χ3v) is 4.33. The van der Waals surface area contributed by atoms with Crippen molar-refractivity contribution in [3.63, 3.8) is 0 Å². The molecule has 0 saturated carbocycles. The van der Waals surface area contributed by atoms with Gasteiger partial charge in [0, 0.05) is 19.2 Å². The molecule has 0 spiro atoms. The molecule has 1 heterocycles. The van der Waals surface area contributed by atoms with E-state index in [0.29, 0.717) is 5.75 Å². The largest absolute Gasteiger partial charge is 0.325 e. The Hall–Kier alpha value is -1.82. The van der Waals surface area contributed by atoms with Crippen molar-refractivity contribution in [2.24, 2.45) is 7.05 Å². The fourth-order valence-electron chi connectivity index (χ4n) is 2.07. The van der Waals surface area contributed by atoms with Crippen molar-refractivity contribution in [1.82, 2.24) is 14.8 Å². The summed E-state index contributed by atoms with van der Waals surface area (Å²) in [5, 5.41) is 12.0. The average Bonchev–Trinajstić information content (AvgIpc) is 2.83. The number of nitrogens with one attached hydrogen (secondary N) is 1. The molecule has 0 atom stereocenters. The number of unbranched alkanes of at least 4 members (excludes halogenated alkanes) is 1. The van der Waals surface area contributed by atoms with Gasteiger partial charge in [0.25, 0.3) is 0 Å². The third-order valence-electron chi connectivity index (χ3n) is 3.31. The van der Waals surface area contributed by atoms with E-state index in [-0.39, 0.29) is 5.91 Å². The molecule has 6 heteroatoms. The molecule has 1 N–H and O–H groups in total. The highest BCUT2D eigenvalue weighted by molar-refractivity contribution is 7.99. The molecule has 1 amide bonds. The molecule has 2 aromatic rings. The minimum absolute atomic E-state index is 0.0336. The summed E-state index contributed by atoms with van der Waals surface area (Å²) in [6.45, 7) is 4.16. The lowest BCUT2D eigenvalue weighted by atomic mass is 10.2. The summed E-state index contributed by atoms with van der Waals surface area (Å²) in [5.41, 5.74) is 1.95. The summed E-state index contributed by atoms with van der Waals surface area (Å²) < 4.78 is 1.97. The van der Waals surface area contributed by atoms with Gasteiger partial charge in [0.2, 0.25) is 5.91 Å². The second-order valence-electron chi connectivity index (χ2n) is 5.27. The van der Waals surface area contributed by atoms with E-state index in [9.17, 15) is 4.79 Å². The summed E-state index contributed by atoms with van der Waals surface area (Å²) in [6.07, 6.45) is 3.16. The number of carbonyl (C=O) groups excluding carboxylic acids is 1. The average molecular weight is 318 g/mol. The molecule has 0 aliphatic rings. The second-order valence-corrected chi connectivity index (χ2v) is 6.21. The molecular formula is C16H22N4OS. The smallest absolute Gasteiger partial charge is 0.234 e. The lowest BCUT2D eigenvalue weighted by Crippen LogP contribution is -2.14. The van der Waals surface area contributed by atoms with E-state index in [1.54, 1.807) is 0 Å². The zero-order valence-corrected chi connectivity index (χ0v) is 14.1. The number of hydrogen-bond acceptors (Lipinski definition) is 4. The maximum Gasteiger partial charge on any atom is 0.234 e. The van der Waals surface area contributed by atoms with E-state index in [4.69, 9.17) is 0 Å². The number of benzene rings is 1. The van der Waals surface area contributed by atoms with Gasteiger partial charge in [-0.3, -0.25) is 4.79 Å². The van der Waals surface area contributed by atoms with Crippen LogP contribution >= 0.6 is 11.8 Å². The Morgan fingerprint density at radius 2 is 2.18 bits per heavy atom. The molecule has 118 valence electrons. The molecule has 0 bridgehead atoms. The fraction of sp³-hybridized carbons (Fsp3) is 0.438. The van der Waals surface area contributed by atoms with E-state index >= 15 is 0 Å². The summed E-state index contributed by atoms with van der Waals surface area (Å²) in [6, 6.07) is 7.77. The Bertz CT molecular complexity index is 639. The highest BCUT2D eigenvalue weighted by Crippen LogP contribution is 2.17. The van der Waals surface area contributed by atoms with Crippen LogP contribution in [0.3, 0.4) is 0 Å². The van der Waals surface area contributed by atoms with Gasteiger partial charge in [0.1, 0.15) is 5.82 Å². The molecule has 5 nitrogen and oxygen atoms in total. The lowest BCUT2D eigenvalue weighted by molar-refractivity contribution is -0.113. The van der Waals surface area contributed by atoms with Crippen LogP contribution in [0, 0.1) is 6.92 Å². The van der Waals surface area contributed by atoms with E-state index in [1.807, 2.05) is 42.8 Å². The maximum absolute atomic E-state index is 12.0. The van der Waals surface area contributed by atoms with Crippen LogP contribution in [0.5, 0.6) is 0 Å². The molecular weight excluding hydrogens is 296 g/mol. The second kappa shape index (κ2) is 7.98. The Labute approximate surface area is 135 Å². The van der Waals surface area contributed by atoms with Gasteiger partial charge in [-0.05, 0) is 31.0 Å². The van der Waals surface area contributed by atoms with Gasteiger partial charge in [-0.25, -0.2) is 0 Å². The minimum Gasteiger partial charge on any atom is -0.325 e. The van der Waals surface area contributed by atoms with E-state index in [1.165, 1.54) is 11.8 Å². The first-order valence-corrected chi connectivity index (χ1v) is 8.46. The van der Waals surface area contributed by atoms with Crippen molar-refractivity contribution in [1.29, 1.82) is 0 Å². The summed E-state index contributed by atoms with van der Waals surface area (Å²) in [4.78, 5) is 12.0. The fourth-order valence-corrected chi connectivity index (χ4v) is 2.80. The van der Waals surface area contributed by atoms with Crippen LogP contribution < -0.4 is 5.32 Å². The molecule has 0 unspecified atom stereocenters. The third kappa shape index (κ3) is 4.59. The van der Waals surface area contributed by atoms with Gasteiger partial charge < -0.3 is 9.88 Å². The van der Waals surface area contributed by atoms with Crippen LogP contribution in [-0.4, -0.2) is 26.4 Å². The molecule has 0 radical (unpaired) electrons. The Morgan fingerprint density at radius 3 is 2.91 bits per heavy atom. The number of amides is 1. The lowest BCUT2D eigenvalue weighted by Gasteiger charge is -2.06. The summed E-state index contributed by atoms with van der Waals surface area (Å²) >= 11 is 1.41. The maximum atomic E-state index is 12.0. The van der Waals surface area contributed by atoms with Crippen LogP contribution in [0.25, 0.3) is 0 Å². The number of thioether (sulfide) groups is 1. The number of nitrogens with zero attached hydrogens (tertiary/aromatic N) is 3. The molecule has 1 aromatic heterocycles. The van der Waals surface area contributed by atoms with Crippen molar-refractivity contribution in [2.45, 2.75) is 38.3 Å². The van der Waals surface area contributed by atoms with Gasteiger partial charge in [-0.15, -0.1) is 10.2 Å². The quantitative estimate of drug-likeness (QED) is 0.797. The number of rotatable bonds is 7. The highest BCUT2D eigenvalue weighted by Gasteiger charge is 2.11. The monoisotopic (exact) mass is 318 g/mol. The number of carbonyl (C=O) groups is 1. The zero-order valence-electron chi connectivity index (χ0n) is 13.3. The Kier molecular flexibility index (Phi) is 6.00. The topological polar surface area (TPSA) is 59.8 Å². The predicted molar refractivity (Wildman–Crippen MR) is 90.1 cm³/mol. The first-order chi connectivity index (χ1) is 10.6. The van der Waals surface area contributed by atoms with Crippen molar-refractivity contribution in [3.05, 3.63) is 35.7 Å². The first kappa shape index (κ1) is 16.5. The molecule has 0 fully saturated rings.